The second-order valence-electron chi connectivity index (χ2n) is 20.3. The lowest BCUT2D eigenvalue weighted by Crippen LogP contribution is -2.62. The van der Waals surface area contributed by atoms with Gasteiger partial charge in [-0.1, -0.05) is 67.9 Å². The highest BCUT2D eigenvalue weighted by Crippen LogP contribution is 2.26. The predicted octanol–water partition coefficient (Wildman–Crippen LogP) is -4.90. The summed E-state index contributed by atoms with van der Waals surface area (Å²) in [5.41, 5.74) is 30.8. The van der Waals surface area contributed by atoms with Crippen LogP contribution in [-0.2, 0) is 54.4 Å². The molecule has 0 spiro atoms. The summed E-state index contributed by atoms with van der Waals surface area (Å²) < 4.78 is 0. The third kappa shape index (κ3) is 22.9. The Morgan fingerprint density at radius 2 is 1.16 bits per heavy atom. The van der Waals surface area contributed by atoms with Crippen LogP contribution < -0.4 is 81.8 Å². The molecule has 0 bridgehead atoms. The predicted molar refractivity (Wildman–Crippen MR) is 301 cm³/mol. The van der Waals surface area contributed by atoms with Crippen molar-refractivity contribution in [1.29, 1.82) is 0 Å². The highest BCUT2D eigenvalue weighted by Gasteiger charge is 2.37. The average molecular weight is 1160 g/mol. The first-order valence-corrected chi connectivity index (χ1v) is 27.5. The summed E-state index contributed by atoms with van der Waals surface area (Å²) in [4.78, 5) is 140. The van der Waals surface area contributed by atoms with Crippen LogP contribution in [0.5, 0.6) is 0 Å². The van der Waals surface area contributed by atoms with Gasteiger partial charge in [0, 0.05) is 31.0 Å². The first-order chi connectivity index (χ1) is 38.5. The van der Waals surface area contributed by atoms with E-state index in [-0.39, 0.29) is 70.6 Å². The molecule has 1 heterocycles. The van der Waals surface area contributed by atoms with Crippen molar-refractivity contribution in [2.24, 2.45) is 34.6 Å². The fraction of sp³-hybridized carbons (Fsp3) is 0.585. The largest absolute Gasteiger partial charge is 0.391 e. The van der Waals surface area contributed by atoms with E-state index in [1.54, 1.807) is 68.4 Å². The zero-order chi connectivity index (χ0) is 60.3. The van der Waals surface area contributed by atoms with Crippen LogP contribution in [-0.4, -0.2) is 175 Å². The maximum absolute atomic E-state index is 14.4. The molecule has 27 nitrogen and oxygen atoms in total. The van der Waals surface area contributed by atoms with Gasteiger partial charge in [-0.05, 0) is 114 Å². The minimum absolute atomic E-state index is 0.0501. The Labute approximate surface area is 476 Å². The number of aliphatic hydroxyl groups is 2. The molecule has 1 aliphatic rings. The maximum Gasteiger partial charge on any atom is 0.245 e. The summed E-state index contributed by atoms with van der Waals surface area (Å²) in [6.45, 7) is 4.74. The number of nitrogens with two attached hydrogens (primary N) is 5. The lowest BCUT2D eigenvalue weighted by molar-refractivity contribution is -0.136. The van der Waals surface area contributed by atoms with Gasteiger partial charge >= 0.3 is 0 Å². The summed E-state index contributed by atoms with van der Waals surface area (Å²) in [7, 11) is 0. The number of benzene rings is 2. The maximum atomic E-state index is 14.4. The summed E-state index contributed by atoms with van der Waals surface area (Å²) >= 11 is 6.19. The molecule has 0 radical (unpaired) electrons. The van der Waals surface area contributed by atoms with E-state index in [4.69, 9.17) is 40.3 Å². The van der Waals surface area contributed by atoms with E-state index in [0.717, 1.165) is 0 Å². The monoisotopic (exact) mass is 1160 g/mol. The van der Waals surface area contributed by atoms with Gasteiger partial charge in [0.25, 0.3) is 0 Å². The molecule has 12 atom stereocenters. The van der Waals surface area contributed by atoms with Crippen LogP contribution in [0, 0.1) is 5.92 Å². The van der Waals surface area contributed by atoms with Gasteiger partial charge in [-0.2, -0.15) is 0 Å². The fourth-order valence-electron chi connectivity index (χ4n) is 8.78. The van der Waals surface area contributed by atoms with Crippen molar-refractivity contribution in [3.8, 4) is 0 Å². The van der Waals surface area contributed by atoms with Crippen molar-refractivity contribution in [3.63, 3.8) is 0 Å². The molecule has 450 valence electrons. The third-order valence-corrected chi connectivity index (χ3v) is 13.4. The van der Waals surface area contributed by atoms with Gasteiger partial charge < -0.3 is 92.0 Å². The molecule has 0 aliphatic carbocycles. The third-order valence-electron chi connectivity index (χ3n) is 13.2. The van der Waals surface area contributed by atoms with Crippen molar-refractivity contribution in [2.75, 3.05) is 39.3 Å². The van der Waals surface area contributed by atoms with Crippen LogP contribution in [0.1, 0.15) is 89.7 Å². The van der Waals surface area contributed by atoms with Crippen LogP contribution in [0.15, 0.2) is 54.6 Å². The molecule has 1 aliphatic heterocycles. The number of carbonyl (C=O) groups is 10. The quantitative estimate of drug-likeness (QED) is 0.0496. The van der Waals surface area contributed by atoms with Gasteiger partial charge in [-0.3, -0.25) is 47.9 Å². The van der Waals surface area contributed by atoms with Crippen LogP contribution >= 0.6 is 11.6 Å². The number of hydrogen-bond donors (Lipinski definition) is 17. The van der Waals surface area contributed by atoms with Gasteiger partial charge in [-0.15, -0.1) is 0 Å². The summed E-state index contributed by atoms with van der Waals surface area (Å²) in [6.07, 6.45) is -3.88. The number of carbonyl (C=O) groups excluding carboxylic acids is 10. The van der Waals surface area contributed by atoms with Gasteiger partial charge in [0.15, 0.2) is 0 Å². The fourth-order valence-corrected chi connectivity index (χ4v) is 8.98. The molecule has 1 saturated heterocycles. The number of amides is 10. The highest BCUT2D eigenvalue weighted by molar-refractivity contribution is 6.30. The van der Waals surface area contributed by atoms with E-state index in [0.29, 0.717) is 22.6 Å². The minimum Gasteiger partial charge on any atom is -0.391 e. The van der Waals surface area contributed by atoms with Crippen molar-refractivity contribution in [3.05, 3.63) is 70.7 Å². The Morgan fingerprint density at radius 1 is 0.630 bits per heavy atom. The SMILES string of the molecule is CC(C)C[C@@H]1NC(=O)[C@@H](Cc2ccccc2)NC(=O)[C@H](CCN)NC(=O)[C@@H](NC(=O)[C@H](CN)NC(=O)[C@@H](NC(=O)C[C@@H](CCN)c2cccc(Cl)c2)[C@@H](C)O)CCNC(=O)[C@H]([C@@H](C)O)NC(=O)[C@H](CCN)NC(=O)[C@H](CCN)NC1=O. The minimum atomic E-state index is -1.68. The van der Waals surface area contributed by atoms with Crippen molar-refractivity contribution in [1.82, 2.24) is 53.2 Å². The molecule has 81 heavy (non-hydrogen) atoms. The van der Waals surface area contributed by atoms with E-state index in [2.05, 4.69) is 53.2 Å². The molecular formula is C53H84ClN15O12. The van der Waals surface area contributed by atoms with Gasteiger partial charge in [0.05, 0.1) is 12.2 Å². The van der Waals surface area contributed by atoms with Crippen molar-refractivity contribution in [2.45, 2.75) is 152 Å². The van der Waals surface area contributed by atoms with Gasteiger partial charge in [0.2, 0.25) is 59.1 Å². The lowest BCUT2D eigenvalue weighted by Gasteiger charge is -2.28. The first kappa shape index (κ1) is 68.4. The summed E-state index contributed by atoms with van der Waals surface area (Å²) in [6, 6.07) is 1.86. The van der Waals surface area contributed by atoms with Crippen LogP contribution in [0.3, 0.4) is 0 Å². The highest BCUT2D eigenvalue weighted by atomic mass is 35.5. The average Bonchev–Trinajstić information content (AvgIpc) is 3.41. The number of rotatable bonds is 23. The molecular weight excluding hydrogens is 1070 g/mol. The Hall–Kier alpha value is -6.85. The molecule has 2 aromatic rings. The van der Waals surface area contributed by atoms with E-state index < -0.39 is 151 Å². The second kappa shape index (κ2) is 35.1. The zero-order valence-corrected chi connectivity index (χ0v) is 47.1. The topological polar surface area (TPSA) is 462 Å². The zero-order valence-electron chi connectivity index (χ0n) is 46.3. The van der Waals surface area contributed by atoms with E-state index in [9.17, 15) is 58.2 Å². The number of aliphatic hydroxyl groups excluding tert-OH is 2. The number of nitrogens with one attached hydrogen (secondary N) is 10. The summed E-state index contributed by atoms with van der Waals surface area (Å²) in [5.74, 6) is -9.71. The molecule has 22 N–H and O–H groups in total. The van der Waals surface area contributed by atoms with Crippen molar-refractivity contribution >= 4 is 70.7 Å². The van der Waals surface area contributed by atoms with Gasteiger partial charge in [-0.25, -0.2) is 0 Å². The molecule has 1 fully saturated rings. The molecule has 2 aromatic carbocycles. The number of hydrogen-bond acceptors (Lipinski definition) is 17. The molecule has 3 rings (SSSR count). The second-order valence-corrected chi connectivity index (χ2v) is 20.8. The van der Waals surface area contributed by atoms with E-state index in [1.807, 2.05) is 0 Å². The molecule has 0 aromatic heterocycles. The standard InChI is InChI=1S/C53H84ClN15O12/c1-28(2)23-39-49(77)63-35(14-19-56)45(73)62-37(16-21-58)48(76)69-43(29(3)70)52(80)60-22-17-38(47(75)61-36(15-20-57)46(74)66-40(50(78)65-39)24-31-9-6-5-7-10-31)64-51(79)41(27-59)67-53(81)44(30(4)71)68-42(72)26-33(13-18-55)32-11-8-12-34(54)25-32/h5-12,25,28-30,33,35-41,43-44,70-71H,13-24,26-27,55-59H2,1-4H3,(H,60,80)(H,61,75)(H,62,73)(H,63,77)(H,64,79)(H,65,78)(H,66,74)(H,67,81)(H,68,72)(H,69,76)/t29-,30-,33-,35+,36+,37+,38+,39+,40-,41+,43+,44+/m1/s1. The Kier molecular flexibility index (Phi) is 29.7. The summed E-state index contributed by atoms with van der Waals surface area (Å²) in [5, 5.41) is 47.2. The van der Waals surface area contributed by atoms with Crippen LogP contribution in [0.2, 0.25) is 5.02 Å². The Balaban J connectivity index is 2.07. The van der Waals surface area contributed by atoms with E-state index >= 15 is 0 Å². The smallest absolute Gasteiger partial charge is 0.245 e. The Morgan fingerprint density at radius 3 is 1.68 bits per heavy atom. The van der Waals surface area contributed by atoms with Crippen LogP contribution in [0.4, 0.5) is 0 Å². The number of halogens is 1. The molecule has 10 amide bonds. The normalized spacial score (nSPS) is 23.1. The molecule has 28 heteroatoms. The molecule has 0 saturated carbocycles. The molecule has 0 unspecified atom stereocenters. The lowest BCUT2D eigenvalue weighted by atomic mass is 9.92. The van der Waals surface area contributed by atoms with Crippen molar-refractivity contribution < 1.29 is 58.2 Å². The first-order valence-electron chi connectivity index (χ1n) is 27.1. The Bertz CT molecular complexity index is 2420. The van der Waals surface area contributed by atoms with Gasteiger partial charge in [0.1, 0.15) is 54.4 Å². The van der Waals surface area contributed by atoms with Crippen LogP contribution in [0.25, 0.3) is 0 Å². The van der Waals surface area contributed by atoms with E-state index in [1.165, 1.54) is 13.8 Å².